The Morgan fingerprint density at radius 1 is 1.36 bits per heavy atom. The van der Waals surface area contributed by atoms with E-state index < -0.39 is 18.0 Å². The molecule has 3 heterocycles. The third-order valence-electron chi connectivity index (χ3n) is 3.47. The molecule has 10 nitrogen and oxygen atoms in total. The Morgan fingerprint density at radius 3 is 2.80 bits per heavy atom. The molecule has 3 aromatic heterocycles. The number of aryl methyl sites for hydroxylation is 2. The molecule has 0 aromatic carbocycles. The molecule has 0 aliphatic carbocycles. The number of amides is 1. The van der Waals surface area contributed by atoms with Crippen molar-refractivity contribution in [2.24, 2.45) is 7.05 Å². The first-order chi connectivity index (χ1) is 11.9. The number of fused-ring (bicyclic) bond motifs is 1. The molecule has 0 radical (unpaired) electrons. The minimum atomic E-state index is -1.07. The molecule has 25 heavy (non-hydrogen) atoms. The van der Waals surface area contributed by atoms with E-state index in [9.17, 15) is 9.59 Å². The molecule has 0 fully saturated rings. The number of carbonyl (C=O) groups excluding carboxylic acids is 2. The molecule has 3 rings (SSSR count). The van der Waals surface area contributed by atoms with Crippen LogP contribution in [-0.2, 0) is 16.6 Å². The van der Waals surface area contributed by atoms with Gasteiger partial charge in [0, 0.05) is 7.05 Å². The molecule has 0 saturated heterocycles. The van der Waals surface area contributed by atoms with Gasteiger partial charge in [-0.25, -0.2) is 19.7 Å². The zero-order chi connectivity index (χ0) is 18.1. The van der Waals surface area contributed by atoms with Crippen LogP contribution < -0.4 is 5.32 Å². The topological polar surface area (TPSA) is 128 Å². The Labute approximate surface area is 146 Å². The Hall–Kier alpha value is -3.01. The van der Waals surface area contributed by atoms with Gasteiger partial charge in [0.2, 0.25) is 0 Å². The number of nitrogens with zero attached hydrogens (tertiary/aromatic N) is 5. The summed E-state index contributed by atoms with van der Waals surface area (Å²) >= 11 is 6.03. The van der Waals surface area contributed by atoms with Gasteiger partial charge >= 0.3 is 5.97 Å². The van der Waals surface area contributed by atoms with Gasteiger partial charge in [0.15, 0.2) is 17.6 Å². The maximum atomic E-state index is 12.3. The van der Waals surface area contributed by atoms with Gasteiger partial charge in [-0.3, -0.25) is 9.48 Å². The van der Waals surface area contributed by atoms with Gasteiger partial charge < -0.3 is 15.0 Å². The number of imidazole rings is 1. The van der Waals surface area contributed by atoms with Crippen LogP contribution in [0.25, 0.3) is 11.2 Å². The van der Waals surface area contributed by atoms with Crippen molar-refractivity contribution in [1.29, 1.82) is 0 Å². The van der Waals surface area contributed by atoms with E-state index in [1.807, 2.05) is 0 Å². The molecular weight excluding hydrogens is 350 g/mol. The number of hydrogen-bond donors (Lipinski definition) is 2. The average Bonchev–Trinajstić information content (AvgIpc) is 3.13. The summed E-state index contributed by atoms with van der Waals surface area (Å²) in [5, 5.41) is 6.75. The summed E-state index contributed by atoms with van der Waals surface area (Å²) in [6, 6.07) is 0. The van der Waals surface area contributed by atoms with Crippen molar-refractivity contribution in [2.75, 3.05) is 5.32 Å². The second-order valence-electron chi connectivity index (χ2n) is 5.24. The van der Waals surface area contributed by atoms with E-state index in [-0.39, 0.29) is 16.5 Å². The van der Waals surface area contributed by atoms with Crippen LogP contribution in [0.5, 0.6) is 0 Å². The lowest BCUT2D eigenvalue weighted by molar-refractivity contribution is -0.123. The van der Waals surface area contributed by atoms with Gasteiger partial charge in [0.25, 0.3) is 5.91 Å². The van der Waals surface area contributed by atoms with E-state index >= 15 is 0 Å². The predicted molar refractivity (Wildman–Crippen MR) is 88.1 cm³/mol. The number of carbonyl (C=O) groups is 2. The van der Waals surface area contributed by atoms with Crippen molar-refractivity contribution >= 4 is 40.5 Å². The molecule has 1 atom stereocenters. The molecule has 2 N–H and O–H groups in total. The van der Waals surface area contributed by atoms with Crippen molar-refractivity contribution in [3.63, 3.8) is 0 Å². The number of anilines is 1. The zero-order valence-electron chi connectivity index (χ0n) is 13.6. The fraction of sp³-hybridized carbons (Fsp3) is 0.286. The maximum absolute atomic E-state index is 12.3. The van der Waals surface area contributed by atoms with E-state index in [0.29, 0.717) is 16.9 Å². The molecular formula is C14H14ClN7O3. The highest BCUT2D eigenvalue weighted by Gasteiger charge is 2.25. The summed E-state index contributed by atoms with van der Waals surface area (Å²) in [5.74, 6) is -1.04. The molecule has 1 amide bonds. The van der Waals surface area contributed by atoms with Gasteiger partial charge in [0.05, 0.1) is 12.0 Å². The van der Waals surface area contributed by atoms with E-state index in [4.69, 9.17) is 16.3 Å². The highest BCUT2D eigenvalue weighted by Crippen LogP contribution is 2.20. The molecule has 3 aromatic rings. The lowest BCUT2D eigenvalue weighted by Gasteiger charge is -2.13. The molecule has 0 spiro atoms. The van der Waals surface area contributed by atoms with Crippen molar-refractivity contribution in [1.82, 2.24) is 29.7 Å². The molecule has 1 unspecified atom stereocenters. The smallest absolute Gasteiger partial charge is 0.343 e. The number of hydrogen-bond acceptors (Lipinski definition) is 7. The van der Waals surface area contributed by atoms with E-state index in [1.54, 1.807) is 14.0 Å². The van der Waals surface area contributed by atoms with Gasteiger partial charge in [-0.1, -0.05) is 11.6 Å². The van der Waals surface area contributed by atoms with Crippen LogP contribution in [0.1, 0.15) is 23.0 Å². The Bertz CT molecular complexity index is 965. The minimum absolute atomic E-state index is 0.127. The molecule has 0 bridgehead atoms. The Kier molecular flexibility index (Phi) is 4.36. The number of rotatable bonds is 4. The molecule has 0 aliphatic rings. The Morgan fingerprint density at radius 2 is 2.12 bits per heavy atom. The lowest BCUT2D eigenvalue weighted by atomic mass is 10.2. The summed E-state index contributed by atoms with van der Waals surface area (Å²) in [5.41, 5.74) is 1.43. The number of ether oxygens (including phenoxy) is 1. The highest BCUT2D eigenvalue weighted by atomic mass is 35.5. The van der Waals surface area contributed by atoms with E-state index in [2.05, 4.69) is 30.4 Å². The molecule has 130 valence electrons. The minimum Gasteiger partial charge on any atom is -0.449 e. The van der Waals surface area contributed by atoms with Crippen LogP contribution in [-0.4, -0.2) is 47.7 Å². The van der Waals surface area contributed by atoms with Crippen molar-refractivity contribution in [3.05, 3.63) is 29.1 Å². The zero-order valence-corrected chi connectivity index (χ0v) is 14.3. The summed E-state index contributed by atoms with van der Waals surface area (Å²) in [4.78, 5) is 39.3. The fourth-order valence-corrected chi connectivity index (χ4v) is 2.46. The number of halogens is 1. The number of nitrogens with one attached hydrogen (secondary N) is 2. The van der Waals surface area contributed by atoms with E-state index in [0.717, 1.165) is 0 Å². The average molecular weight is 364 g/mol. The van der Waals surface area contributed by atoms with Crippen LogP contribution in [0.15, 0.2) is 12.7 Å². The quantitative estimate of drug-likeness (QED) is 0.667. The second kappa shape index (κ2) is 6.48. The van der Waals surface area contributed by atoms with Crippen molar-refractivity contribution in [3.8, 4) is 0 Å². The van der Waals surface area contributed by atoms with Crippen LogP contribution in [0.2, 0.25) is 5.15 Å². The normalized spacial score (nSPS) is 12.2. The predicted octanol–water partition coefficient (Wildman–Crippen LogP) is 1.23. The van der Waals surface area contributed by atoms with E-state index in [1.165, 1.54) is 24.3 Å². The van der Waals surface area contributed by atoms with Crippen molar-refractivity contribution in [2.45, 2.75) is 20.0 Å². The lowest BCUT2D eigenvalue weighted by Crippen LogP contribution is -2.30. The first kappa shape index (κ1) is 16.8. The second-order valence-corrected chi connectivity index (χ2v) is 5.59. The summed E-state index contributed by atoms with van der Waals surface area (Å²) < 4.78 is 6.54. The Balaban J connectivity index is 1.72. The summed E-state index contributed by atoms with van der Waals surface area (Å²) in [7, 11) is 1.60. The first-order valence-electron chi connectivity index (χ1n) is 7.23. The van der Waals surface area contributed by atoms with Crippen LogP contribution in [0, 0.1) is 6.92 Å². The number of aromatic amines is 1. The molecule has 11 heteroatoms. The van der Waals surface area contributed by atoms with Crippen molar-refractivity contribution < 1.29 is 14.3 Å². The standard InChI is InChI=1S/C14H14ClN7O3/c1-6-8(10(15)22(3)21-6)14(24)25-7(2)13(23)20-12-9-11(17-4-16-9)18-5-19-12/h4-5,7H,1-3H3,(H2,16,17,18,19,20,23). The summed E-state index contributed by atoms with van der Waals surface area (Å²) in [6.07, 6.45) is 1.64. The van der Waals surface area contributed by atoms with Gasteiger partial charge in [-0.15, -0.1) is 0 Å². The first-order valence-corrected chi connectivity index (χ1v) is 7.61. The molecule has 0 aliphatic heterocycles. The fourth-order valence-electron chi connectivity index (χ4n) is 2.21. The van der Waals surface area contributed by atoms with Gasteiger partial charge in [-0.05, 0) is 13.8 Å². The van der Waals surface area contributed by atoms with Crippen LogP contribution >= 0.6 is 11.6 Å². The number of H-pyrrole nitrogens is 1. The summed E-state index contributed by atoms with van der Waals surface area (Å²) in [6.45, 7) is 3.07. The number of esters is 1. The van der Waals surface area contributed by atoms with Crippen LogP contribution in [0.4, 0.5) is 5.82 Å². The van der Waals surface area contributed by atoms with Crippen LogP contribution in [0.3, 0.4) is 0 Å². The van der Waals surface area contributed by atoms with Gasteiger partial charge in [-0.2, -0.15) is 5.10 Å². The monoisotopic (exact) mass is 363 g/mol. The third-order valence-corrected chi connectivity index (χ3v) is 3.91. The highest BCUT2D eigenvalue weighted by molar-refractivity contribution is 6.32. The van der Waals surface area contributed by atoms with Gasteiger partial charge in [0.1, 0.15) is 22.6 Å². The largest absolute Gasteiger partial charge is 0.449 e. The maximum Gasteiger partial charge on any atom is 0.343 e. The molecule has 0 saturated carbocycles. The number of aromatic nitrogens is 6. The third kappa shape index (κ3) is 3.15. The SMILES string of the molecule is Cc1nn(C)c(Cl)c1C(=O)OC(C)C(=O)Nc1ncnc2nc[nH]c12.